The van der Waals surface area contributed by atoms with Gasteiger partial charge in [-0.25, -0.2) is 17.9 Å². The lowest BCUT2D eigenvalue weighted by Gasteiger charge is -2.08. The molecule has 140 valence electrons. The van der Waals surface area contributed by atoms with E-state index in [0.29, 0.717) is 0 Å². The number of amides is 1. The summed E-state index contributed by atoms with van der Waals surface area (Å²) in [5.41, 5.74) is 0. The zero-order chi connectivity index (χ0) is 19.0. The van der Waals surface area contributed by atoms with Crippen LogP contribution < -0.4 is 10.0 Å². The first-order chi connectivity index (χ1) is 12.4. The summed E-state index contributed by atoms with van der Waals surface area (Å²) in [6.07, 6.45) is -0.0360. The lowest BCUT2D eigenvalue weighted by Crippen LogP contribution is -2.32. The Morgan fingerprint density at radius 1 is 1.04 bits per heavy atom. The normalized spacial score (nSPS) is 11.4. The maximum atomic E-state index is 12.3. The number of rotatable bonds is 10. The molecule has 2 aromatic carbocycles. The average molecular weight is 380 g/mol. The van der Waals surface area contributed by atoms with Gasteiger partial charge in [0, 0.05) is 19.5 Å². The van der Waals surface area contributed by atoms with Crippen molar-refractivity contribution in [3.63, 3.8) is 0 Å². The molecule has 0 radical (unpaired) electrons. The summed E-state index contributed by atoms with van der Waals surface area (Å²) < 4.78 is 31.8. The minimum absolute atomic E-state index is 0.0360. The molecular formula is C17H20N2O6S. The fraction of sp³-hybridized carbons (Fsp3) is 0.294. The molecule has 0 fully saturated rings. The highest BCUT2D eigenvalue weighted by atomic mass is 32.2. The lowest BCUT2D eigenvalue weighted by molar-refractivity contribution is -0.142. The van der Waals surface area contributed by atoms with Gasteiger partial charge in [-0.05, 0) is 22.9 Å². The maximum Gasteiger partial charge on any atom is 0.329 e. The van der Waals surface area contributed by atoms with Gasteiger partial charge in [0.25, 0.3) is 0 Å². The van der Waals surface area contributed by atoms with Gasteiger partial charge in [-0.1, -0.05) is 30.3 Å². The molecule has 3 N–H and O–H groups in total. The minimum atomic E-state index is -3.71. The number of sulfonamides is 1. The first-order valence-electron chi connectivity index (χ1n) is 7.93. The molecule has 0 aromatic heterocycles. The van der Waals surface area contributed by atoms with Crippen molar-refractivity contribution >= 4 is 32.7 Å². The van der Waals surface area contributed by atoms with E-state index in [-0.39, 0.29) is 36.9 Å². The number of nitrogens with one attached hydrogen (secondary N) is 2. The summed E-state index contributed by atoms with van der Waals surface area (Å²) in [5.74, 6) is -1.44. The number of benzene rings is 2. The predicted molar refractivity (Wildman–Crippen MR) is 95.2 cm³/mol. The first kappa shape index (κ1) is 19.8. The van der Waals surface area contributed by atoms with E-state index in [1.54, 1.807) is 12.1 Å². The Kier molecular flexibility index (Phi) is 7.07. The van der Waals surface area contributed by atoms with Crippen molar-refractivity contribution in [2.24, 2.45) is 0 Å². The van der Waals surface area contributed by atoms with E-state index in [1.807, 2.05) is 24.3 Å². The average Bonchev–Trinajstić information content (AvgIpc) is 2.60. The van der Waals surface area contributed by atoms with Crippen LogP contribution >= 0.6 is 0 Å². The highest BCUT2D eigenvalue weighted by molar-refractivity contribution is 7.89. The van der Waals surface area contributed by atoms with Crippen LogP contribution in [0.2, 0.25) is 0 Å². The van der Waals surface area contributed by atoms with Crippen LogP contribution in [0.25, 0.3) is 10.8 Å². The molecule has 2 aromatic rings. The Balaban J connectivity index is 1.78. The van der Waals surface area contributed by atoms with Crippen LogP contribution in [0.15, 0.2) is 47.4 Å². The van der Waals surface area contributed by atoms with E-state index in [4.69, 9.17) is 9.84 Å². The van der Waals surface area contributed by atoms with Crippen molar-refractivity contribution in [3.05, 3.63) is 42.5 Å². The highest BCUT2D eigenvalue weighted by Gasteiger charge is 2.14. The van der Waals surface area contributed by atoms with Crippen molar-refractivity contribution in [1.29, 1.82) is 0 Å². The quantitative estimate of drug-likeness (QED) is 0.522. The zero-order valence-electron chi connectivity index (χ0n) is 14.0. The largest absolute Gasteiger partial charge is 0.480 e. The van der Waals surface area contributed by atoms with Crippen LogP contribution in [0.1, 0.15) is 6.42 Å². The second-order valence-electron chi connectivity index (χ2n) is 5.45. The number of ether oxygens (including phenoxy) is 1. The fourth-order valence-corrected chi connectivity index (χ4v) is 3.29. The Hall–Kier alpha value is -2.49. The monoisotopic (exact) mass is 380 g/mol. The SMILES string of the molecule is O=C(O)COCCNC(=O)CCNS(=O)(=O)c1ccc2ccccc2c1. The molecule has 0 saturated carbocycles. The summed E-state index contributed by atoms with van der Waals surface area (Å²) in [7, 11) is -3.71. The number of hydrogen-bond donors (Lipinski definition) is 3. The van der Waals surface area contributed by atoms with Crippen molar-refractivity contribution in [3.8, 4) is 0 Å². The van der Waals surface area contributed by atoms with E-state index < -0.39 is 22.6 Å². The van der Waals surface area contributed by atoms with Crippen LogP contribution in [0.4, 0.5) is 0 Å². The summed E-state index contributed by atoms with van der Waals surface area (Å²) in [5, 5.41) is 12.7. The smallest absolute Gasteiger partial charge is 0.329 e. The Bertz CT molecular complexity index is 882. The van der Waals surface area contributed by atoms with Gasteiger partial charge in [-0.3, -0.25) is 4.79 Å². The van der Waals surface area contributed by atoms with Gasteiger partial charge in [0.1, 0.15) is 6.61 Å². The van der Waals surface area contributed by atoms with Gasteiger partial charge in [0.2, 0.25) is 15.9 Å². The van der Waals surface area contributed by atoms with Crippen LogP contribution in [-0.4, -0.2) is 51.7 Å². The number of carbonyl (C=O) groups is 2. The fourth-order valence-electron chi connectivity index (χ4n) is 2.23. The molecule has 0 unspecified atom stereocenters. The molecule has 1 amide bonds. The van der Waals surface area contributed by atoms with Crippen molar-refractivity contribution in [1.82, 2.24) is 10.0 Å². The first-order valence-corrected chi connectivity index (χ1v) is 9.41. The predicted octanol–water partition coefficient (Wildman–Crippen LogP) is 0.726. The molecule has 0 atom stereocenters. The Morgan fingerprint density at radius 2 is 1.77 bits per heavy atom. The van der Waals surface area contributed by atoms with Crippen LogP contribution in [0.3, 0.4) is 0 Å². The number of carboxylic acid groups (broad SMARTS) is 1. The second kappa shape index (κ2) is 9.27. The third-order valence-electron chi connectivity index (χ3n) is 3.47. The second-order valence-corrected chi connectivity index (χ2v) is 7.22. The molecule has 9 heteroatoms. The maximum absolute atomic E-state index is 12.3. The molecular weight excluding hydrogens is 360 g/mol. The number of fused-ring (bicyclic) bond motifs is 1. The van der Waals surface area contributed by atoms with E-state index in [1.165, 1.54) is 6.07 Å². The summed E-state index contributed by atoms with van der Waals surface area (Å²) >= 11 is 0. The molecule has 0 saturated heterocycles. The topological polar surface area (TPSA) is 122 Å². The molecule has 0 aliphatic carbocycles. The number of carbonyl (C=O) groups excluding carboxylic acids is 1. The molecule has 0 aliphatic heterocycles. The van der Waals surface area contributed by atoms with Gasteiger partial charge in [-0.2, -0.15) is 0 Å². The van der Waals surface area contributed by atoms with Gasteiger partial charge in [-0.15, -0.1) is 0 Å². The zero-order valence-corrected chi connectivity index (χ0v) is 14.8. The molecule has 2 rings (SSSR count). The van der Waals surface area contributed by atoms with Crippen molar-refractivity contribution in [2.75, 3.05) is 26.3 Å². The lowest BCUT2D eigenvalue weighted by atomic mass is 10.1. The third kappa shape index (κ3) is 6.10. The van der Waals surface area contributed by atoms with E-state index in [9.17, 15) is 18.0 Å². The van der Waals surface area contributed by atoms with Crippen LogP contribution in [0, 0.1) is 0 Å². The van der Waals surface area contributed by atoms with Gasteiger partial charge in [0.05, 0.1) is 11.5 Å². The molecule has 0 spiro atoms. The highest BCUT2D eigenvalue weighted by Crippen LogP contribution is 2.18. The van der Waals surface area contributed by atoms with Gasteiger partial charge < -0.3 is 15.2 Å². The molecule has 0 bridgehead atoms. The number of hydrogen-bond acceptors (Lipinski definition) is 5. The summed E-state index contributed by atoms with van der Waals surface area (Å²) in [6.45, 7) is -0.247. The summed E-state index contributed by atoms with van der Waals surface area (Å²) in [4.78, 5) is 22.0. The molecule has 0 heterocycles. The van der Waals surface area contributed by atoms with E-state index in [2.05, 4.69) is 10.0 Å². The van der Waals surface area contributed by atoms with Crippen LogP contribution in [0.5, 0.6) is 0 Å². The third-order valence-corrected chi connectivity index (χ3v) is 4.93. The molecule has 0 aliphatic rings. The van der Waals surface area contributed by atoms with Gasteiger partial charge in [0.15, 0.2) is 0 Å². The van der Waals surface area contributed by atoms with Crippen molar-refractivity contribution in [2.45, 2.75) is 11.3 Å². The number of aliphatic carboxylic acids is 1. The number of carboxylic acids is 1. The van der Waals surface area contributed by atoms with Crippen molar-refractivity contribution < 1.29 is 27.9 Å². The summed E-state index contributed by atoms with van der Waals surface area (Å²) in [6, 6.07) is 12.3. The minimum Gasteiger partial charge on any atom is -0.480 e. The van der Waals surface area contributed by atoms with Crippen LogP contribution in [-0.2, 0) is 24.3 Å². The Labute approximate surface area is 151 Å². The van der Waals surface area contributed by atoms with E-state index >= 15 is 0 Å². The molecule has 8 nitrogen and oxygen atoms in total. The molecule has 26 heavy (non-hydrogen) atoms. The Morgan fingerprint density at radius 3 is 2.50 bits per heavy atom. The van der Waals surface area contributed by atoms with E-state index in [0.717, 1.165) is 10.8 Å². The van der Waals surface area contributed by atoms with Gasteiger partial charge >= 0.3 is 5.97 Å². The standard InChI is InChI=1S/C17H20N2O6S/c20-16(18-9-10-25-12-17(21)22)7-8-19-26(23,24)15-6-5-13-3-1-2-4-14(13)11-15/h1-6,11,19H,7-10,12H2,(H,18,20)(H,21,22).